The van der Waals surface area contributed by atoms with Crippen molar-refractivity contribution in [2.75, 3.05) is 6.61 Å². The molecule has 0 bridgehead atoms. The lowest BCUT2D eigenvalue weighted by atomic mass is 9.95. The Hall–Kier alpha value is -0.200. The Labute approximate surface area is 77.3 Å². The van der Waals surface area contributed by atoms with E-state index < -0.39 is 30.3 Å². The fraction of sp³-hybridized carbons (Fsp3) is 1.00. The number of rotatable bonds is 5. The zero-order valence-electron chi connectivity index (χ0n) is 7.83. The molecule has 5 heteroatoms. The summed E-state index contributed by atoms with van der Waals surface area (Å²) < 4.78 is 0. The lowest BCUT2D eigenvalue weighted by Gasteiger charge is -2.27. The van der Waals surface area contributed by atoms with Crippen LogP contribution in [0.2, 0.25) is 0 Å². The first-order valence-corrected chi connectivity index (χ1v) is 4.25. The normalized spacial score (nSPS) is 23.3. The number of aliphatic hydroxyl groups is 5. The van der Waals surface area contributed by atoms with Gasteiger partial charge in [-0.1, -0.05) is 6.92 Å². The van der Waals surface area contributed by atoms with Crippen molar-refractivity contribution in [2.45, 2.75) is 38.3 Å². The molecule has 0 amide bonds. The van der Waals surface area contributed by atoms with Crippen LogP contribution in [0.5, 0.6) is 0 Å². The van der Waals surface area contributed by atoms with Crippen LogP contribution in [0.15, 0.2) is 0 Å². The molecule has 0 rings (SSSR count). The molecule has 0 aromatic carbocycles. The quantitative estimate of drug-likeness (QED) is 0.351. The molecule has 0 aliphatic rings. The van der Waals surface area contributed by atoms with Gasteiger partial charge in [-0.3, -0.25) is 0 Å². The minimum atomic E-state index is -1.44. The van der Waals surface area contributed by atoms with Gasteiger partial charge in [0.1, 0.15) is 12.2 Å². The van der Waals surface area contributed by atoms with Gasteiger partial charge in [0.2, 0.25) is 0 Å². The molecule has 0 heterocycles. The van der Waals surface area contributed by atoms with Crippen molar-refractivity contribution in [1.82, 2.24) is 0 Å². The Bertz CT molecular complexity index is 138. The number of hydrogen-bond acceptors (Lipinski definition) is 5. The van der Waals surface area contributed by atoms with Crippen molar-refractivity contribution >= 4 is 0 Å². The first-order chi connectivity index (χ1) is 5.91. The van der Waals surface area contributed by atoms with Gasteiger partial charge in [-0.25, -0.2) is 0 Å². The van der Waals surface area contributed by atoms with Crippen LogP contribution in [0.25, 0.3) is 0 Å². The van der Waals surface area contributed by atoms with Crippen molar-refractivity contribution < 1.29 is 25.5 Å². The topological polar surface area (TPSA) is 101 Å². The molecule has 5 atom stereocenters. The Kier molecular flexibility index (Phi) is 5.43. The molecule has 0 aliphatic carbocycles. The average Bonchev–Trinajstić information content (AvgIpc) is 2.12. The third-order valence-electron chi connectivity index (χ3n) is 2.07. The van der Waals surface area contributed by atoms with Gasteiger partial charge in [-0.05, 0) is 6.92 Å². The Morgan fingerprint density at radius 2 is 1.31 bits per heavy atom. The second-order valence-corrected chi connectivity index (χ2v) is 3.37. The number of hydrogen-bond donors (Lipinski definition) is 5. The molecular weight excluding hydrogens is 176 g/mol. The standard InChI is InChI=1S/C8H18O5/c1-4(3-9)6(11)8(13)7(12)5(2)10/h4-13H,3H2,1-2H3/t4?,5-,6-,7?,8?/m0/s1. The first-order valence-electron chi connectivity index (χ1n) is 4.25. The Morgan fingerprint density at radius 3 is 1.62 bits per heavy atom. The van der Waals surface area contributed by atoms with Gasteiger partial charge in [0.15, 0.2) is 0 Å². The summed E-state index contributed by atoms with van der Waals surface area (Å²) in [6, 6.07) is 0. The van der Waals surface area contributed by atoms with Crippen LogP contribution in [0.4, 0.5) is 0 Å². The minimum absolute atomic E-state index is 0.287. The Morgan fingerprint density at radius 1 is 0.846 bits per heavy atom. The summed E-state index contributed by atoms with van der Waals surface area (Å²) >= 11 is 0. The van der Waals surface area contributed by atoms with E-state index in [-0.39, 0.29) is 6.61 Å². The maximum absolute atomic E-state index is 9.32. The van der Waals surface area contributed by atoms with Crippen LogP contribution < -0.4 is 0 Å². The molecule has 0 spiro atoms. The van der Waals surface area contributed by atoms with Crippen molar-refractivity contribution in [3.8, 4) is 0 Å². The van der Waals surface area contributed by atoms with E-state index in [1.165, 1.54) is 13.8 Å². The summed E-state index contributed by atoms with van der Waals surface area (Å²) in [6.45, 7) is 2.55. The Balaban J connectivity index is 4.15. The summed E-state index contributed by atoms with van der Waals surface area (Å²) in [5.74, 6) is -0.539. The fourth-order valence-corrected chi connectivity index (χ4v) is 0.932. The molecule has 0 aromatic heterocycles. The van der Waals surface area contributed by atoms with E-state index in [4.69, 9.17) is 15.3 Å². The molecule has 0 radical (unpaired) electrons. The van der Waals surface area contributed by atoms with Gasteiger partial charge in [-0.2, -0.15) is 0 Å². The second-order valence-electron chi connectivity index (χ2n) is 3.37. The highest BCUT2D eigenvalue weighted by atomic mass is 16.4. The van der Waals surface area contributed by atoms with Crippen molar-refractivity contribution in [1.29, 1.82) is 0 Å². The van der Waals surface area contributed by atoms with E-state index >= 15 is 0 Å². The molecule has 0 aliphatic heterocycles. The van der Waals surface area contributed by atoms with Crippen LogP contribution in [-0.2, 0) is 0 Å². The van der Waals surface area contributed by atoms with Gasteiger partial charge < -0.3 is 25.5 Å². The third kappa shape index (κ3) is 3.58. The highest BCUT2D eigenvalue weighted by Crippen LogP contribution is 2.11. The summed E-state index contributed by atoms with van der Waals surface area (Å²) in [4.78, 5) is 0. The number of aliphatic hydroxyl groups excluding tert-OH is 5. The van der Waals surface area contributed by atoms with Gasteiger partial charge in [0.25, 0.3) is 0 Å². The molecular formula is C8H18O5. The van der Waals surface area contributed by atoms with E-state index in [2.05, 4.69) is 0 Å². The predicted octanol–water partition coefficient (Wildman–Crippen LogP) is -1.92. The zero-order chi connectivity index (χ0) is 10.6. The van der Waals surface area contributed by atoms with Crippen LogP contribution in [-0.4, -0.2) is 56.6 Å². The van der Waals surface area contributed by atoms with Gasteiger partial charge >= 0.3 is 0 Å². The van der Waals surface area contributed by atoms with Gasteiger partial charge in [-0.15, -0.1) is 0 Å². The lowest BCUT2D eigenvalue weighted by Crippen LogP contribution is -2.46. The smallest absolute Gasteiger partial charge is 0.109 e. The van der Waals surface area contributed by atoms with E-state index in [1.807, 2.05) is 0 Å². The summed E-state index contributed by atoms with van der Waals surface area (Å²) in [5, 5.41) is 45.3. The van der Waals surface area contributed by atoms with Crippen molar-refractivity contribution in [3.63, 3.8) is 0 Å². The molecule has 0 saturated carbocycles. The zero-order valence-corrected chi connectivity index (χ0v) is 7.83. The third-order valence-corrected chi connectivity index (χ3v) is 2.07. The van der Waals surface area contributed by atoms with E-state index in [0.29, 0.717) is 0 Å². The largest absolute Gasteiger partial charge is 0.396 e. The summed E-state index contributed by atoms with van der Waals surface area (Å²) in [6.07, 6.45) is -5.20. The summed E-state index contributed by atoms with van der Waals surface area (Å²) in [7, 11) is 0. The predicted molar refractivity (Wildman–Crippen MR) is 46.0 cm³/mol. The van der Waals surface area contributed by atoms with Crippen LogP contribution in [0.1, 0.15) is 13.8 Å². The van der Waals surface area contributed by atoms with Crippen molar-refractivity contribution in [3.05, 3.63) is 0 Å². The summed E-state index contributed by atoms with van der Waals surface area (Å²) in [5.41, 5.74) is 0. The molecule has 80 valence electrons. The van der Waals surface area contributed by atoms with Gasteiger partial charge in [0, 0.05) is 12.5 Å². The van der Waals surface area contributed by atoms with Crippen LogP contribution >= 0.6 is 0 Å². The van der Waals surface area contributed by atoms with E-state index in [1.54, 1.807) is 0 Å². The minimum Gasteiger partial charge on any atom is -0.396 e. The molecule has 0 aromatic rings. The second kappa shape index (κ2) is 5.51. The molecule has 5 N–H and O–H groups in total. The average molecular weight is 194 g/mol. The monoisotopic (exact) mass is 194 g/mol. The maximum Gasteiger partial charge on any atom is 0.109 e. The van der Waals surface area contributed by atoms with Gasteiger partial charge in [0.05, 0.1) is 12.2 Å². The first kappa shape index (κ1) is 12.8. The molecule has 3 unspecified atom stereocenters. The van der Waals surface area contributed by atoms with Crippen LogP contribution in [0, 0.1) is 5.92 Å². The molecule has 13 heavy (non-hydrogen) atoms. The van der Waals surface area contributed by atoms with E-state index in [0.717, 1.165) is 0 Å². The maximum atomic E-state index is 9.32. The highest BCUT2D eigenvalue weighted by Gasteiger charge is 2.30. The SMILES string of the molecule is CC(CO)[C@H](O)C(O)C(O)[C@H](C)O. The highest BCUT2D eigenvalue weighted by molar-refractivity contribution is 4.81. The molecule has 0 fully saturated rings. The van der Waals surface area contributed by atoms with Crippen LogP contribution in [0.3, 0.4) is 0 Å². The van der Waals surface area contributed by atoms with E-state index in [9.17, 15) is 10.2 Å². The fourth-order valence-electron chi connectivity index (χ4n) is 0.932. The van der Waals surface area contributed by atoms with Crippen molar-refractivity contribution in [2.24, 2.45) is 5.92 Å². The molecule has 5 nitrogen and oxygen atoms in total. The lowest BCUT2D eigenvalue weighted by molar-refractivity contribution is -0.117. The molecule has 0 saturated heterocycles.